The number of rotatable bonds is 7. The summed E-state index contributed by atoms with van der Waals surface area (Å²) in [6.45, 7) is 7.01. The van der Waals surface area contributed by atoms with Crippen molar-refractivity contribution < 1.29 is 4.74 Å². The molecule has 2 aromatic carbocycles. The molecular formula is C24H30N6O. The van der Waals surface area contributed by atoms with Crippen LogP contribution in [-0.4, -0.2) is 27.3 Å². The maximum atomic E-state index is 6.13. The number of hydrogen-bond donors (Lipinski definition) is 2. The van der Waals surface area contributed by atoms with Crippen LogP contribution in [-0.2, 0) is 26.1 Å². The van der Waals surface area contributed by atoms with Crippen molar-refractivity contribution in [2.45, 2.75) is 52.7 Å². The highest BCUT2D eigenvalue weighted by Gasteiger charge is 2.15. The predicted molar refractivity (Wildman–Crippen MR) is 122 cm³/mol. The molecule has 7 nitrogen and oxygen atoms in total. The number of benzene rings is 2. The molecule has 0 radical (unpaired) electrons. The van der Waals surface area contributed by atoms with Gasteiger partial charge in [-0.2, -0.15) is 0 Å². The molecule has 0 saturated carbocycles. The van der Waals surface area contributed by atoms with E-state index in [1.165, 1.54) is 12.8 Å². The van der Waals surface area contributed by atoms with E-state index in [-0.39, 0.29) is 0 Å². The Morgan fingerprint density at radius 2 is 1.97 bits per heavy atom. The van der Waals surface area contributed by atoms with Gasteiger partial charge in [-0.3, -0.25) is 0 Å². The average molecular weight is 419 g/mol. The van der Waals surface area contributed by atoms with E-state index in [1.54, 1.807) is 0 Å². The molecule has 0 bridgehead atoms. The van der Waals surface area contributed by atoms with Crippen molar-refractivity contribution in [3.8, 4) is 11.5 Å². The average Bonchev–Trinajstić information content (AvgIpc) is 3.20. The first-order valence-corrected chi connectivity index (χ1v) is 11.0. The van der Waals surface area contributed by atoms with E-state index >= 15 is 0 Å². The van der Waals surface area contributed by atoms with Gasteiger partial charge in [0.05, 0.1) is 13.1 Å². The lowest BCUT2D eigenvalue weighted by molar-refractivity contribution is 0.476. The zero-order valence-electron chi connectivity index (χ0n) is 18.3. The summed E-state index contributed by atoms with van der Waals surface area (Å²) in [5.41, 5.74) is 2.19. The van der Waals surface area contributed by atoms with Crippen LogP contribution in [0.2, 0.25) is 0 Å². The lowest BCUT2D eigenvalue weighted by atomic mass is 10.1. The highest BCUT2D eigenvalue weighted by molar-refractivity contribution is 5.79. The summed E-state index contributed by atoms with van der Waals surface area (Å²) in [6, 6.07) is 16.1. The lowest BCUT2D eigenvalue weighted by Gasteiger charge is -2.16. The third kappa shape index (κ3) is 5.42. The van der Waals surface area contributed by atoms with Crippen LogP contribution < -0.4 is 15.4 Å². The number of hydrogen-bond acceptors (Lipinski definition) is 4. The van der Waals surface area contributed by atoms with Gasteiger partial charge in [-0.1, -0.05) is 30.3 Å². The minimum absolute atomic E-state index is 0.510. The first-order valence-electron chi connectivity index (χ1n) is 11.0. The Labute approximate surface area is 183 Å². The SMILES string of the molecule is CCNC(=NCc1ccc(C)cc1Oc1ccccc1)NCc1nnc2n1CCCC2. The maximum absolute atomic E-state index is 6.13. The Balaban J connectivity index is 1.46. The fourth-order valence-electron chi connectivity index (χ4n) is 3.67. The molecule has 0 unspecified atom stereocenters. The van der Waals surface area contributed by atoms with Gasteiger partial charge < -0.3 is 19.9 Å². The number of ether oxygens (including phenoxy) is 1. The van der Waals surface area contributed by atoms with Crippen molar-refractivity contribution in [1.82, 2.24) is 25.4 Å². The molecule has 31 heavy (non-hydrogen) atoms. The molecule has 0 spiro atoms. The topological polar surface area (TPSA) is 76.4 Å². The largest absolute Gasteiger partial charge is 0.457 e. The standard InChI is InChI=1S/C24H30N6O/c1-3-25-24(27-17-23-29-28-22-11-7-8-14-30(22)23)26-16-19-13-12-18(2)15-21(19)31-20-9-5-4-6-10-20/h4-6,9-10,12-13,15H,3,7-8,11,14,16-17H2,1-2H3,(H2,25,26,27). The second kappa shape index (κ2) is 10.1. The number of para-hydroxylation sites is 1. The monoisotopic (exact) mass is 418 g/mol. The summed E-state index contributed by atoms with van der Waals surface area (Å²) < 4.78 is 8.36. The Morgan fingerprint density at radius 1 is 1.10 bits per heavy atom. The second-order valence-electron chi connectivity index (χ2n) is 7.72. The number of fused-ring (bicyclic) bond motifs is 1. The fraction of sp³-hybridized carbons (Fsp3) is 0.375. The normalized spacial score (nSPS) is 13.5. The minimum atomic E-state index is 0.510. The Morgan fingerprint density at radius 3 is 2.81 bits per heavy atom. The van der Waals surface area contributed by atoms with Gasteiger partial charge in [0.15, 0.2) is 11.8 Å². The van der Waals surface area contributed by atoms with Crippen molar-refractivity contribution in [2.24, 2.45) is 4.99 Å². The van der Waals surface area contributed by atoms with E-state index in [0.717, 1.165) is 59.7 Å². The summed E-state index contributed by atoms with van der Waals surface area (Å²) >= 11 is 0. The summed E-state index contributed by atoms with van der Waals surface area (Å²) in [5.74, 6) is 4.45. The number of nitrogens with zero attached hydrogens (tertiary/aromatic N) is 4. The first-order chi connectivity index (χ1) is 15.2. The van der Waals surface area contributed by atoms with Crippen molar-refractivity contribution in [2.75, 3.05) is 6.54 Å². The van der Waals surface area contributed by atoms with Crippen LogP contribution in [0.25, 0.3) is 0 Å². The van der Waals surface area contributed by atoms with Crippen LogP contribution in [0.15, 0.2) is 53.5 Å². The molecule has 0 amide bonds. The van der Waals surface area contributed by atoms with Crippen LogP contribution in [0.1, 0.15) is 42.5 Å². The molecule has 7 heteroatoms. The van der Waals surface area contributed by atoms with E-state index < -0.39 is 0 Å². The van der Waals surface area contributed by atoms with Crippen LogP contribution in [0.4, 0.5) is 0 Å². The number of aryl methyl sites for hydroxylation is 2. The van der Waals surface area contributed by atoms with Crippen LogP contribution in [0, 0.1) is 6.92 Å². The molecule has 162 valence electrons. The molecule has 3 aromatic rings. The highest BCUT2D eigenvalue weighted by atomic mass is 16.5. The molecule has 1 aliphatic heterocycles. The fourth-order valence-corrected chi connectivity index (χ4v) is 3.67. The zero-order valence-corrected chi connectivity index (χ0v) is 18.3. The third-order valence-corrected chi connectivity index (χ3v) is 5.30. The summed E-state index contributed by atoms with van der Waals surface area (Å²) in [4.78, 5) is 4.78. The Hall–Kier alpha value is -3.35. The van der Waals surface area contributed by atoms with E-state index in [2.05, 4.69) is 57.4 Å². The van der Waals surface area contributed by atoms with E-state index in [4.69, 9.17) is 9.73 Å². The molecule has 4 rings (SSSR count). The van der Waals surface area contributed by atoms with Gasteiger partial charge in [-0.25, -0.2) is 4.99 Å². The highest BCUT2D eigenvalue weighted by Crippen LogP contribution is 2.27. The number of aromatic nitrogens is 3. The van der Waals surface area contributed by atoms with Gasteiger partial charge in [0.1, 0.15) is 17.3 Å². The molecule has 1 aliphatic rings. The van der Waals surface area contributed by atoms with Crippen molar-refractivity contribution in [3.63, 3.8) is 0 Å². The minimum Gasteiger partial charge on any atom is -0.457 e. The molecule has 2 N–H and O–H groups in total. The summed E-state index contributed by atoms with van der Waals surface area (Å²) in [7, 11) is 0. The smallest absolute Gasteiger partial charge is 0.191 e. The van der Waals surface area contributed by atoms with Gasteiger partial charge in [0.2, 0.25) is 0 Å². The number of aliphatic imine (C=N–C) groups is 1. The van der Waals surface area contributed by atoms with E-state index in [0.29, 0.717) is 13.1 Å². The predicted octanol–water partition coefficient (Wildman–Crippen LogP) is 3.97. The van der Waals surface area contributed by atoms with Crippen LogP contribution >= 0.6 is 0 Å². The van der Waals surface area contributed by atoms with Crippen LogP contribution in [0.3, 0.4) is 0 Å². The van der Waals surface area contributed by atoms with Crippen molar-refractivity contribution >= 4 is 5.96 Å². The van der Waals surface area contributed by atoms with Gasteiger partial charge >= 0.3 is 0 Å². The van der Waals surface area contributed by atoms with Gasteiger partial charge in [-0.15, -0.1) is 10.2 Å². The van der Waals surface area contributed by atoms with E-state index in [9.17, 15) is 0 Å². The maximum Gasteiger partial charge on any atom is 0.191 e. The molecule has 0 aliphatic carbocycles. The quantitative estimate of drug-likeness (QED) is 0.448. The zero-order chi connectivity index (χ0) is 21.5. The third-order valence-electron chi connectivity index (χ3n) is 5.30. The molecule has 0 saturated heterocycles. The van der Waals surface area contributed by atoms with Crippen molar-refractivity contribution in [1.29, 1.82) is 0 Å². The van der Waals surface area contributed by atoms with Crippen molar-refractivity contribution in [3.05, 3.63) is 71.3 Å². The number of guanidine groups is 1. The Kier molecular flexibility index (Phi) is 6.82. The van der Waals surface area contributed by atoms with Gasteiger partial charge in [0.25, 0.3) is 0 Å². The number of nitrogens with one attached hydrogen (secondary N) is 2. The molecule has 1 aromatic heterocycles. The Bertz CT molecular complexity index is 1030. The second-order valence-corrected chi connectivity index (χ2v) is 7.72. The molecule has 2 heterocycles. The van der Waals surface area contributed by atoms with Gasteiger partial charge in [-0.05, 0) is 50.5 Å². The van der Waals surface area contributed by atoms with Gasteiger partial charge in [0, 0.05) is 25.1 Å². The van der Waals surface area contributed by atoms with E-state index in [1.807, 2.05) is 30.3 Å². The first kappa shape index (κ1) is 20.9. The molecular weight excluding hydrogens is 388 g/mol. The molecule has 0 fully saturated rings. The summed E-state index contributed by atoms with van der Waals surface area (Å²) in [5, 5.41) is 15.4. The molecule has 0 atom stereocenters. The lowest BCUT2D eigenvalue weighted by Crippen LogP contribution is -2.37. The van der Waals surface area contributed by atoms with Crippen LogP contribution in [0.5, 0.6) is 11.5 Å². The summed E-state index contributed by atoms with van der Waals surface area (Å²) in [6.07, 6.45) is 3.39.